The fraction of sp³-hybridized carbons (Fsp3) is 0.450. The molecule has 0 aliphatic carbocycles. The van der Waals surface area contributed by atoms with E-state index in [0.29, 0.717) is 12.2 Å². The lowest BCUT2D eigenvalue weighted by atomic mass is 10.1. The minimum Gasteiger partial charge on any atom is -0.308 e. The summed E-state index contributed by atoms with van der Waals surface area (Å²) in [5.74, 6) is -0.106. The topological polar surface area (TPSA) is 54.3 Å². The number of thiazole rings is 1. The molecule has 2 heterocycles. The highest BCUT2D eigenvalue weighted by molar-refractivity contribution is 7.22. The molecule has 28 heavy (non-hydrogen) atoms. The lowest BCUT2D eigenvalue weighted by molar-refractivity contribution is 0.0979. The van der Waals surface area contributed by atoms with Gasteiger partial charge in [-0.2, -0.15) is 5.10 Å². The van der Waals surface area contributed by atoms with Crippen molar-refractivity contribution in [1.29, 1.82) is 0 Å². The zero-order valence-corrected chi connectivity index (χ0v) is 18.9. The molecule has 0 spiro atoms. The van der Waals surface area contributed by atoms with E-state index < -0.39 is 0 Å². The highest BCUT2D eigenvalue weighted by Crippen LogP contribution is 2.33. The number of amides is 1. The lowest BCUT2D eigenvalue weighted by Gasteiger charge is -2.21. The monoisotopic (exact) mass is 421 g/mol. The number of rotatable bonds is 6. The fourth-order valence-corrected chi connectivity index (χ4v) is 3.96. The molecule has 1 amide bonds. The van der Waals surface area contributed by atoms with Crippen LogP contribution < -0.4 is 4.90 Å². The van der Waals surface area contributed by atoms with Crippen molar-refractivity contribution in [3.63, 3.8) is 0 Å². The normalized spacial score (nSPS) is 11.3. The number of anilines is 1. The smallest absolute Gasteiger partial charge is 0.280 e. The maximum atomic E-state index is 13.2. The summed E-state index contributed by atoms with van der Waals surface area (Å²) in [5.41, 5.74) is 3.74. The predicted octanol–water partition coefficient (Wildman–Crippen LogP) is 4.32. The highest BCUT2D eigenvalue weighted by Gasteiger charge is 2.24. The van der Waals surface area contributed by atoms with Gasteiger partial charge in [0, 0.05) is 25.3 Å². The number of fused-ring (bicyclic) bond motifs is 1. The molecule has 0 saturated carbocycles. The molecule has 0 aliphatic rings. The van der Waals surface area contributed by atoms with Gasteiger partial charge in [-0.1, -0.05) is 23.5 Å². The maximum absolute atomic E-state index is 13.2. The highest BCUT2D eigenvalue weighted by atomic mass is 35.5. The number of hydrogen-bond acceptors (Lipinski definition) is 5. The Morgan fingerprint density at radius 3 is 2.39 bits per heavy atom. The number of halogens is 1. The average molecular weight is 422 g/mol. The summed E-state index contributed by atoms with van der Waals surface area (Å²) in [6.07, 6.45) is 1.86. The van der Waals surface area contributed by atoms with Crippen molar-refractivity contribution in [3.05, 3.63) is 41.2 Å². The first kappa shape index (κ1) is 22.3. The van der Waals surface area contributed by atoms with Gasteiger partial charge in [-0.15, -0.1) is 12.4 Å². The Bertz CT molecular complexity index is 924. The van der Waals surface area contributed by atoms with E-state index in [2.05, 4.69) is 36.0 Å². The molecule has 3 aromatic rings. The van der Waals surface area contributed by atoms with Crippen molar-refractivity contribution < 1.29 is 4.79 Å². The van der Waals surface area contributed by atoms with Crippen LogP contribution in [-0.4, -0.2) is 52.8 Å². The number of benzene rings is 1. The zero-order chi connectivity index (χ0) is 19.7. The van der Waals surface area contributed by atoms with Crippen molar-refractivity contribution in [1.82, 2.24) is 19.7 Å². The summed E-state index contributed by atoms with van der Waals surface area (Å²) in [5, 5.41) is 5.19. The van der Waals surface area contributed by atoms with Gasteiger partial charge in [0.2, 0.25) is 0 Å². The van der Waals surface area contributed by atoms with E-state index in [1.165, 1.54) is 5.56 Å². The van der Waals surface area contributed by atoms with Crippen LogP contribution in [0.3, 0.4) is 0 Å². The molecule has 2 aromatic heterocycles. The molecule has 0 unspecified atom stereocenters. The minimum atomic E-state index is -0.106. The summed E-state index contributed by atoms with van der Waals surface area (Å²) in [7, 11) is 4.01. The number of aryl methyl sites for hydroxylation is 2. The number of carbonyl (C=O) groups excluding carboxylic acids is 1. The van der Waals surface area contributed by atoms with Crippen molar-refractivity contribution >= 4 is 45.0 Å². The fourth-order valence-electron chi connectivity index (χ4n) is 2.83. The Morgan fingerprint density at radius 2 is 1.82 bits per heavy atom. The van der Waals surface area contributed by atoms with Crippen LogP contribution in [0.25, 0.3) is 10.2 Å². The van der Waals surface area contributed by atoms with Gasteiger partial charge in [-0.05, 0) is 59.0 Å². The Labute approximate surface area is 176 Å². The molecule has 0 saturated heterocycles. The van der Waals surface area contributed by atoms with Crippen LogP contribution in [0.1, 0.15) is 41.5 Å². The summed E-state index contributed by atoms with van der Waals surface area (Å²) < 4.78 is 2.95. The van der Waals surface area contributed by atoms with Crippen LogP contribution in [0.4, 0.5) is 5.13 Å². The molecule has 3 rings (SSSR count). The number of carbonyl (C=O) groups is 1. The molecule has 0 atom stereocenters. The number of likely N-dealkylation sites (N-methyl/N-ethyl adjacent to an activating group) is 1. The van der Waals surface area contributed by atoms with Crippen molar-refractivity contribution in [2.24, 2.45) is 0 Å². The second kappa shape index (κ2) is 9.03. The van der Waals surface area contributed by atoms with Gasteiger partial charge < -0.3 is 4.90 Å². The molecular formula is C20H28ClN5OS. The van der Waals surface area contributed by atoms with Crippen molar-refractivity contribution in [3.8, 4) is 0 Å². The molecule has 8 heteroatoms. The van der Waals surface area contributed by atoms with E-state index >= 15 is 0 Å². The molecule has 0 radical (unpaired) electrons. The first-order valence-corrected chi connectivity index (χ1v) is 9.98. The van der Waals surface area contributed by atoms with Gasteiger partial charge in [0.25, 0.3) is 5.91 Å². The second-order valence-corrected chi connectivity index (χ2v) is 8.39. The summed E-state index contributed by atoms with van der Waals surface area (Å²) in [6.45, 7) is 9.55. The lowest BCUT2D eigenvalue weighted by Crippen LogP contribution is -2.37. The number of nitrogens with zero attached hydrogens (tertiary/aromatic N) is 5. The Morgan fingerprint density at radius 1 is 1.14 bits per heavy atom. The van der Waals surface area contributed by atoms with E-state index in [1.54, 1.807) is 22.3 Å². The second-order valence-electron chi connectivity index (χ2n) is 7.41. The van der Waals surface area contributed by atoms with E-state index in [0.717, 1.165) is 27.5 Å². The number of hydrogen-bond donors (Lipinski definition) is 0. The summed E-state index contributed by atoms with van der Waals surface area (Å²) >= 11 is 1.57. The van der Waals surface area contributed by atoms with Gasteiger partial charge in [-0.3, -0.25) is 14.4 Å². The molecule has 0 fully saturated rings. The van der Waals surface area contributed by atoms with Gasteiger partial charge in [0.1, 0.15) is 0 Å². The van der Waals surface area contributed by atoms with Crippen molar-refractivity contribution in [2.45, 2.75) is 33.7 Å². The van der Waals surface area contributed by atoms with Crippen LogP contribution in [0.5, 0.6) is 0 Å². The standard InChI is InChI=1S/C20H27N5OS.ClH/c1-13(2)25-10-9-16(22-25)19(26)24(12-11-23(5)6)20-21-17-14(3)7-8-15(4)18(17)27-20;/h7-10,13H,11-12H2,1-6H3;1H. The molecule has 0 aliphatic heterocycles. The first-order chi connectivity index (χ1) is 12.8. The SMILES string of the molecule is Cc1ccc(C)c2sc(N(CCN(C)C)C(=O)c3ccn(C(C)C)n3)nc12.Cl. The molecule has 1 aromatic carbocycles. The van der Waals surface area contributed by atoms with Crippen molar-refractivity contribution in [2.75, 3.05) is 32.1 Å². The minimum absolute atomic E-state index is 0. The quantitative estimate of drug-likeness (QED) is 0.594. The van der Waals surface area contributed by atoms with E-state index in [1.807, 2.05) is 38.8 Å². The third-order valence-corrected chi connectivity index (χ3v) is 5.75. The van der Waals surface area contributed by atoms with E-state index in [4.69, 9.17) is 4.98 Å². The first-order valence-electron chi connectivity index (χ1n) is 9.16. The van der Waals surface area contributed by atoms with Crippen LogP contribution >= 0.6 is 23.7 Å². The van der Waals surface area contributed by atoms with E-state index in [-0.39, 0.29) is 24.4 Å². The third kappa shape index (κ3) is 4.54. The van der Waals surface area contributed by atoms with Crippen LogP contribution in [0, 0.1) is 13.8 Å². The van der Waals surface area contributed by atoms with Gasteiger partial charge in [-0.25, -0.2) is 4.98 Å². The summed E-state index contributed by atoms with van der Waals surface area (Å²) in [4.78, 5) is 21.9. The van der Waals surface area contributed by atoms with Gasteiger partial charge >= 0.3 is 0 Å². The molecule has 6 nitrogen and oxygen atoms in total. The van der Waals surface area contributed by atoms with Crippen LogP contribution in [0.15, 0.2) is 24.4 Å². The molecular weight excluding hydrogens is 394 g/mol. The third-order valence-electron chi connectivity index (χ3n) is 4.53. The maximum Gasteiger partial charge on any atom is 0.280 e. The number of aromatic nitrogens is 3. The Kier molecular flexibility index (Phi) is 7.20. The molecule has 0 bridgehead atoms. The van der Waals surface area contributed by atoms with Crippen LogP contribution in [0.2, 0.25) is 0 Å². The van der Waals surface area contributed by atoms with E-state index in [9.17, 15) is 4.79 Å². The van der Waals surface area contributed by atoms with Crippen LogP contribution in [-0.2, 0) is 0 Å². The van der Waals surface area contributed by atoms with Gasteiger partial charge in [0.05, 0.1) is 10.2 Å². The van der Waals surface area contributed by atoms with Gasteiger partial charge in [0.15, 0.2) is 10.8 Å². The molecule has 0 N–H and O–H groups in total. The Balaban J connectivity index is 0.00000280. The zero-order valence-electron chi connectivity index (χ0n) is 17.3. The Hall–Kier alpha value is -1.96. The average Bonchev–Trinajstić information content (AvgIpc) is 3.26. The molecule has 152 valence electrons. The summed E-state index contributed by atoms with van der Waals surface area (Å²) in [6, 6.07) is 6.19. The largest absolute Gasteiger partial charge is 0.308 e. The predicted molar refractivity (Wildman–Crippen MR) is 119 cm³/mol.